The van der Waals surface area contributed by atoms with Gasteiger partial charge in [-0.3, -0.25) is 0 Å². The van der Waals surface area contributed by atoms with Crippen LogP contribution in [0.15, 0.2) is 0 Å². The van der Waals surface area contributed by atoms with E-state index in [2.05, 4.69) is 5.32 Å². The number of amides is 1. The third-order valence-electron chi connectivity index (χ3n) is 0.352. The van der Waals surface area contributed by atoms with Crippen LogP contribution in [-0.2, 0) is 0 Å². The van der Waals surface area contributed by atoms with Gasteiger partial charge >= 0.3 is 48.2 Å². The Morgan fingerprint density at radius 3 is 2.20 bits per heavy atom. The van der Waals surface area contributed by atoms with Crippen LogP contribution in [0.25, 0.3) is 0 Å². The fourth-order valence-electron chi connectivity index (χ4n) is 0. The first kappa shape index (κ1) is 5.47. The van der Waals surface area contributed by atoms with Crippen LogP contribution in [0.5, 0.6) is 0 Å². The van der Waals surface area contributed by atoms with Gasteiger partial charge in [-0.1, -0.05) is 0 Å². The van der Waals surface area contributed by atoms with E-state index in [1.807, 2.05) is 0 Å². The van der Waals surface area contributed by atoms with Gasteiger partial charge in [0.1, 0.15) is 0 Å². The van der Waals surface area contributed by atoms with Crippen LogP contribution in [0.2, 0.25) is 0 Å². The SMILES string of the molecule is CN[C](=O)[Na]. The Kier molecular flexibility index (Phi) is 2.95. The zero-order valence-corrected chi connectivity index (χ0v) is 5.41. The van der Waals surface area contributed by atoms with E-state index in [1.54, 1.807) is 7.05 Å². The van der Waals surface area contributed by atoms with Crippen LogP contribution in [0.3, 0.4) is 0 Å². The number of hydrogen-bond acceptors (Lipinski definition) is 1. The number of rotatable bonds is 0. The normalized spacial score (nSPS) is 7.00. The molecule has 0 aliphatic heterocycles. The maximum atomic E-state index is 9.76. The van der Waals surface area contributed by atoms with Gasteiger partial charge in [-0.2, -0.15) is 0 Å². The summed E-state index contributed by atoms with van der Waals surface area (Å²) < 4.78 is 0.144. The molecule has 3 heteroatoms. The molecule has 0 saturated carbocycles. The zero-order chi connectivity index (χ0) is 4.28. The van der Waals surface area contributed by atoms with Crippen molar-refractivity contribution in [3.63, 3.8) is 0 Å². The Morgan fingerprint density at radius 2 is 2.20 bits per heavy atom. The van der Waals surface area contributed by atoms with Crippen LogP contribution in [0.4, 0.5) is 4.79 Å². The summed E-state index contributed by atoms with van der Waals surface area (Å²) in [5.41, 5.74) is 0. The van der Waals surface area contributed by atoms with Crippen molar-refractivity contribution in [3.05, 3.63) is 0 Å². The molecule has 0 radical (unpaired) electrons. The zero-order valence-electron chi connectivity index (χ0n) is 3.41. The van der Waals surface area contributed by atoms with E-state index in [9.17, 15) is 4.79 Å². The predicted octanol–water partition coefficient (Wildman–Crippen LogP) is -0.506. The second kappa shape index (κ2) is 2.69. The second-order valence-electron chi connectivity index (χ2n) is 0.806. The number of hydrogen-bond donors (Lipinski definition) is 1. The van der Waals surface area contributed by atoms with Gasteiger partial charge < -0.3 is 0 Å². The van der Waals surface area contributed by atoms with Gasteiger partial charge in [-0.25, -0.2) is 0 Å². The summed E-state index contributed by atoms with van der Waals surface area (Å²) in [7, 11) is 1.63. The number of nitrogens with one attached hydrogen (secondary N) is 1. The molecule has 0 rings (SSSR count). The average Bonchev–Trinajstić information content (AvgIpc) is 1.38. The van der Waals surface area contributed by atoms with E-state index in [4.69, 9.17) is 0 Å². The summed E-state index contributed by atoms with van der Waals surface area (Å²) in [6.45, 7) is 0. The quantitative estimate of drug-likeness (QED) is 0.391. The Bertz CT molecular complexity index is 44.9. The Labute approximate surface area is 48.3 Å². The molecule has 0 atom stereocenters. The van der Waals surface area contributed by atoms with Gasteiger partial charge in [0.25, 0.3) is 0 Å². The first-order chi connectivity index (χ1) is 2.27. The molecule has 1 N–H and O–H groups in total. The second-order valence-corrected chi connectivity index (χ2v) is 1.71. The fraction of sp³-hybridized carbons (Fsp3) is 0.500. The maximum absolute atomic E-state index is 9.76. The Hall–Kier alpha value is 0.470. The van der Waals surface area contributed by atoms with Gasteiger partial charge in [0, 0.05) is 0 Å². The summed E-state index contributed by atoms with van der Waals surface area (Å²) in [6.07, 6.45) is 0. The van der Waals surface area contributed by atoms with E-state index in [1.165, 1.54) is 0 Å². The molecule has 5 heavy (non-hydrogen) atoms. The molecule has 0 heterocycles. The standard InChI is InChI=1S/C2H4NO.Na/c1-3-2-4;/h1H3,(H,3,4);. The van der Waals surface area contributed by atoms with E-state index < -0.39 is 0 Å². The van der Waals surface area contributed by atoms with Crippen molar-refractivity contribution < 1.29 is 4.79 Å². The molecule has 0 bridgehead atoms. The molecule has 0 aromatic rings. The first-order valence-corrected chi connectivity index (χ1v) is 2.45. The van der Waals surface area contributed by atoms with Crippen LogP contribution in [-0.4, -0.2) is 38.1 Å². The molecule has 0 aromatic carbocycles. The molecule has 2 nitrogen and oxygen atoms in total. The third kappa shape index (κ3) is 4.47. The average molecular weight is 81.0 g/mol. The van der Waals surface area contributed by atoms with Gasteiger partial charge in [-0.15, -0.1) is 0 Å². The third-order valence-corrected chi connectivity index (χ3v) is 0.852. The van der Waals surface area contributed by atoms with Crippen molar-refractivity contribution in [3.8, 4) is 0 Å². The van der Waals surface area contributed by atoms with Crippen LogP contribution >= 0.6 is 0 Å². The summed E-state index contributed by atoms with van der Waals surface area (Å²) in [5, 5.41) is 2.45. The fourth-order valence-corrected chi connectivity index (χ4v) is 0. The minimum atomic E-state index is 0.144. The van der Waals surface area contributed by atoms with E-state index in [-0.39, 0.29) is 3.16 Å². The number of carbonyl (C=O) groups is 1. The molecular formula is C2H4NNaO. The molecule has 0 aliphatic carbocycles. The molecule has 0 fully saturated rings. The Morgan fingerprint density at radius 1 is 2.00 bits per heavy atom. The molecule has 1 amide bonds. The van der Waals surface area contributed by atoms with Crippen LogP contribution < -0.4 is 5.32 Å². The van der Waals surface area contributed by atoms with E-state index in [0.717, 1.165) is 0 Å². The summed E-state index contributed by atoms with van der Waals surface area (Å²) in [4.78, 5) is 9.76. The van der Waals surface area contributed by atoms with E-state index in [0.29, 0.717) is 27.9 Å². The number of carbonyl (C=O) groups excluding carboxylic acids is 1. The summed E-state index contributed by atoms with van der Waals surface area (Å²) in [5.74, 6) is 0. The minimum absolute atomic E-state index is 0.144. The van der Waals surface area contributed by atoms with Crippen molar-refractivity contribution in [1.82, 2.24) is 5.32 Å². The van der Waals surface area contributed by atoms with Crippen molar-refractivity contribution in [2.75, 3.05) is 7.05 Å². The van der Waals surface area contributed by atoms with Crippen molar-refractivity contribution in [2.24, 2.45) is 0 Å². The molecule has 0 aromatic heterocycles. The summed E-state index contributed by atoms with van der Waals surface area (Å²) in [6, 6.07) is 0. The van der Waals surface area contributed by atoms with E-state index >= 15 is 0 Å². The molecule has 0 aliphatic rings. The molecule has 0 saturated heterocycles. The van der Waals surface area contributed by atoms with Gasteiger partial charge in [0.15, 0.2) is 0 Å². The van der Waals surface area contributed by atoms with Crippen molar-refractivity contribution >= 4 is 31.1 Å². The summed E-state index contributed by atoms with van der Waals surface area (Å²) >= 11 is 0.620. The molecule has 0 unspecified atom stereocenters. The van der Waals surface area contributed by atoms with Crippen LogP contribution in [0, 0.1) is 0 Å². The predicted molar refractivity (Wildman–Crippen MR) is 20.2 cm³/mol. The first-order valence-electron chi connectivity index (χ1n) is 1.45. The van der Waals surface area contributed by atoms with Gasteiger partial charge in [0.05, 0.1) is 0 Å². The van der Waals surface area contributed by atoms with Gasteiger partial charge in [-0.05, 0) is 0 Å². The molecule has 0 spiro atoms. The monoisotopic (exact) mass is 81.0 g/mol. The molecular weight excluding hydrogens is 77.0 g/mol. The topological polar surface area (TPSA) is 29.1 Å². The van der Waals surface area contributed by atoms with Crippen molar-refractivity contribution in [2.45, 2.75) is 0 Å². The Balaban J connectivity index is 2.85. The molecule has 24 valence electrons. The van der Waals surface area contributed by atoms with Gasteiger partial charge in [0.2, 0.25) is 0 Å². The van der Waals surface area contributed by atoms with Crippen molar-refractivity contribution in [1.29, 1.82) is 0 Å². The van der Waals surface area contributed by atoms with Crippen LogP contribution in [0.1, 0.15) is 0 Å².